The van der Waals surface area contributed by atoms with Crippen LogP contribution in [0.25, 0.3) is 0 Å². The minimum Gasteiger partial charge on any atom is -0.479 e. The van der Waals surface area contributed by atoms with Crippen LogP contribution >= 0.6 is 0 Å². The maximum atomic E-state index is 10.6. The van der Waals surface area contributed by atoms with E-state index in [-0.39, 0.29) is 6.04 Å². The molecule has 2 unspecified atom stereocenters. The Morgan fingerprint density at radius 3 is 2.42 bits per heavy atom. The molecule has 0 saturated carbocycles. The fourth-order valence-electron chi connectivity index (χ4n) is 0.753. The number of nitrogens with one attached hydrogen (secondary N) is 1. The third-order valence-corrected chi connectivity index (χ3v) is 1.50. The van der Waals surface area contributed by atoms with E-state index in [1.165, 1.54) is 6.82 Å². The maximum absolute atomic E-state index is 10.6. The van der Waals surface area contributed by atoms with Crippen LogP contribution in [0.4, 0.5) is 0 Å². The lowest BCUT2D eigenvalue weighted by Gasteiger charge is -2.20. The van der Waals surface area contributed by atoms with Crippen LogP contribution in [0, 0.1) is 0 Å². The van der Waals surface area contributed by atoms with E-state index in [9.17, 15) is 4.79 Å². The summed E-state index contributed by atoms with van der Waals surface area (Å²) in [5, 5.41) is 20.2. The van der Waals surface area contributed by atoms with Crippen LogP contribution in [0.15, 0.2) is 0 Å². The van der Waals surface area contributed by atoms with E-state index in [0.717, 1.165) is 0 Å². The van der Waals surface area contributed by atoms with Gasteiger partial charge < -0.3 is 20.1 Å². The smallest absolute Gasteiger partial charge is 0.451 e. The predicted octanol–water partition coefficient (Wildman–Crippen LogP) is -0.826. The van der Waals surface area contributed by atoms with E-state index in [2.05, 4.69) is 5.32 Å². The molecule has 0 spiro atoms. The van der Waals surface area contributed by atoms with Crippen molar-refractivity contribution in [2.75, 3.05) is 7.05 Å². The number of hydrogen-bond acceptors (Lipinski definition) is 4. The zero-order chi connectivity index (χ0) is 9.72. The summed E-state index contributed by atoms with van der Waals surface area (Å²) in [6, 6.07) is -0.336. The van der Waals surface area contributed by atoms with Crippen molar-refractivity contribution in [3.63, 3.8) is 0 Å². The minimum absolute atomic E-state index is 0.336. The fraction of sp³-hybridized carbons (Fsp3) is 0.833. The Balaban J connectivity index is 4.13. The van der Waals surface area contributed by atoms with Gasteiger partial charge in [-0.25, -0.2) is 4.79 Å². The molecule has 0 rings (SSSR count). The zero-order valence-corrected chi connectivity index (χ0v) is 7.44. The molecule has 0 saturated heterocycles. The van der Waals surface area contributed by atoms with Crippen LogP contribution in [-0.4, -0.2) is 42.4 Å². The molecule has 0 aromatic rings. The van der Waals surface area contributed by atoms with Gasteiger partial charge in [0.1, 0.15) is 0 Å². The zero-order valence-electron chi connectivity index (χ0n) is 7.44. The van der Waals surface area contributed by atoms with Gasteiger partial charge in [0, 0.05) is 6.04 Å². The number of rotatable bonds is 5. The summed E-state index contributed by atoms with van der Waals surface area (Å²) in [4.78, 5) is 10.6. The summed E-state index contributed by atoms with van der Waals surface area (Å²) < 4.78 is 4.76. The third-order valence-electron chi connectivity index (χ3n) is 1.50. The van der Waals surface area contributed by atoms with E-state index in [1.54, 1.807) is 14.0 Å². The second kappa shape index (κ2) is 5.13. The molecule has 3 N–H and O–H groups in total. The molecule has 70 valence electrons. The Kier molecular flexibility index (Phi) is 4.88. The molecular weight excluding hydrogens is 161 g/mol. The van der Waals surface area contributed by atoms with Gasteiger partial charge in [-0.2, -0.15) is 0 Å². The lowest BCUT2D eigenvalue weighted by Crippen LogP contribution is -2.44. The average molecular weight is 175 g/mol. The highest BCUT2D eigenvalue weighted by Crippen LogP contribution is 2.00. The first-order valence-corrected chi connectivity index (χ1v) is 3.72. The van der Waals surface area contributed by atoms with E-state index in [4.69, 9.17) is 14.8 Å². The molecule has 0 aromatic heterocycles. The normalized spacial score (nSPS) is 15.3. The van der Waals surface area contributed by atoms with E-state index in [0.29, 0.717) is 0 Å². The van der Waals surface area contributed by atoms with Gasteiger partial charge in [-0.3, -0.25) is 0 Å². The summed E-state index contributed by atoms with van der Waals surface area (Å²) in [7, 11) is 0.563. The highest BCUT2D eigenvalue weighted by Gasteiger charge is 2.26. The molecule has 0 bridgehead atoms. The van der Waals surface area contributed by atoms with Crippen LogP contribution in [0.5, 0.6) is 0 Å². The van der Waals surface area contributed by atoms with E-state index in [1.807, 2.05) is 0 Å². The summed E-state index contributed by atoms with van der Waals surface area (Å²) in [6.45, 7) is 3.04. The predicted molar refractivity (Wildman–Crippen MR) is 44.9 cm³/mol. The lowest BCUT2D eigenvalue weighted by atomic mass is 9.95. The second-order valence-electron chi connectivity index (χ2n) is 2.57. The third kappa shape index (κ3) is 3.70. The standard InChI is InChI=1S/C6H14BNO4/c1-4(8-3)5(6(9)10)12-7(2)11/h4-5,8,11H,1-3H3,(H,9,10). The van der Waals surface area contributed by atoms with Crippen LogP contribution < -0.4 is 5.32 Å². The minimum atomic E-state index is -1.09. The molecule has 0 aliphatic heterocycles. The van der Waals surface area contributed by atoms with Crippen molar-refractivity contribution in [2.24, 2.45) is 0 Å². The Morgan fingerprint density at radius 1 is 1.67 bits per heavy atom. The van der Waals surface area contributed by atoms with Gasteiger partial charge in [0.05, 0.1) is 0 Å². The molecule has 12 heavy (non-hydrogen) atoms. The molecule has 0 heterocycles. The van der Waals surface area contributed by atoms with Crippen molar-refractivity contribution in [3.05, 3.63) is 0 Å². The van der Waals surface area contributed by atoms with Gasteiger partial charge in [0.15, 0.2) is 6.10 Å². The Morgan fingerprint density at radius 2 is 2.17 bits per heavy atom. The Labute approximate surface area is 71.9 Å². The highest BCUT2D eigenvalue weighted by molar-refractivity contribution is 6.41. The molecule has 0 fully saturated rings. The van der Waals surface area contributed by atoms with Gasteiger partial charge in [-0.15, -0.1) is 0 Å². The van der Waals surface area contributed by atoms with Gasteiger partial charge in [-0.1, -0.05) is 0 Å². The van der Waals surface area contributed by atoms with Gasteiger partial charge >= 0.3 is 13.1 Å². The van der Waals surface area contributed by atoms with Gasteiger partial charge in [-0.05, 0) is 20.8 Å². The van der Waals surface area contributed by atoms with Gasteiger partial charge in [0.25, 0.3) is 0 Å². The van der Waals surface area contributed by atoms with Crippen LogP contribution in [-0.2, 0) is 9.45 Å². The number of carboxylic acid groups (broad SMARTS) is 1. The van der Waals surface area contributed by atoms with Gasteiger partial charge in [0.2, 0.25) is 0 Å². The van der Waals surface area contributed by atoms with Crippen LogP contribution in [0.3, 0.4) is 0 Å². The number of aliphatic carboxylic acids is 1. The molecule has 0 aliphatic rings. The topological polar surface area (TPSA) is 78.8 Å². The first-order chi connectivity index (χ1) is 5.49. The van der Waals surface area contributed by atoms with Crippen molar-refractivity contribution in [3.8, 4) is 0 Å². The average Bonchev–Trinajstić information content (AvgIpc) is 1.98. The second-order valence-corrected chi connectivity index (χ2v) is 2.57. The molecule has 2 atom stereocenters. The number of hydrogen-bond donors (Lipinski definition) is 3. The molecule has 5 nitrogen and oxygen atoms in total. The van der Waals surface area contributed by atoms with Crippen molar-refractivity contribution < 1.29 is 19.6 Å². The van der Waals surface area contributed by atoms with Crippen LogP contribution in [0.1, 0.15) is 6.92 Å². The van der Waals surface area contributed by atoms with Crippen LogP contribution in [0.2, 0.25) is 6.82 Å². The van der Waals surface area contributed by atoms with E-state index >= 15 is 0 Å². The highest BCUT2D eigenvalue weighted by atomic mass is 16.5. The number of carbonyl (C=O) groups is 1. The molecular formula is C6H14BNO4. The largest absolute Gasteiger partial charge is 0.479 e. The van der Waals surface area contributed by atoms with Crippen molar-refractivity contribution in [1.29, 1.82) is 0 Å². The molecule has 0 radical (unpaired) electrons. The summed E-state index contributed by atoms with van der Waals surface area (Å²) in [5.74, 6) is -1.09. The summed E-state index contributed by atoms with van der Waals surface area (Å²) >= 11 is 0. The summed E-state index contributed by atoms with van der Waals surface area (Å²) in [5.41, 5.74) is 0. The lowest BCUT2D eigenvalue weighted by molar-refractivity contribution is -0.147. The van der Waals surface area contributed by atoms with Crippen molar-refractivity contribution >= 4 is 13.1 Å². The number of likely N-dealkylation sites (N-methyl/N-ethyl adjacent to an activating group) is 1. The Hall–Kier alpha value is -0.585. The molecule has 0 amide bonds. The molecule has 6 heteroatoms. The summed E-state index contributed by atoms with van der Waals surface area (Å²) in [6.07, 6.45) is -1.02. The first kappa shape index (κ1) is 11.4. The fourth-order valence-corrected chi connectivity index (χ4v) is 0.753. The molecule has 0 aliphatic carbocycles. The SMILES string of the molecule is CNC(C)C(OB(C)O)C(=O)O. The van der Waals surface area contributed by atoms with Crippen molar-refractivity contribution in [1.82, 2.24) is 5.32 Å². The monoisotopic (exact) mass is 175 g/mol. The van der Waals surface area contributed by atoms with E-state index < -0.39 is 19.2 Å². The quantitative estimate of drug-likeness (QED) is 0.475. The molecule has 0 aromatic carbocycles. The number of carboxylic acids is 1. The first-order valence-electron chi connectivity index (χ1n) is 3.72. The van der Waals surface area contributed by atoms with Crippen molar-refractivity contribution in [2.45, 2.75) is 25.9 Å². The Bertz CT molecular complexity index is 152. The maximum Gasteiger partial charge on any atom is 0.451 e.